The molecule has 4 aromatic rings. The van der Waals surface area contributed by atoms with Crippen molar-refractivity contribution in [3.63, 3.8) is 0 Å². The van der Waals surface area contributed by atoms with E-state index in [2.05, 4.69) is 34.2 Å². The zero-order valence-electron chi connectivity index (χ0n) is 20.8. The van der Waals surface area contributed by atoms with Gasteiger partial charge in [0.1, 0.15) is 10.7 Å². The van der Waals surface area contributed by atoms with Gasteiger partial charge in [0.15, 0.2) is 0 Å². The Morgan fingerprint density at radius 2 is 1.86 bits per heavy atom. The normalized spacial score (nSPS) is 17.6. The Morgan fingerprint density at radius 1 is 1.08 bits per heavy atom. The highest BCUT2D eigenvalue weighted by Crippen LogP contribution is 2.48. The number of ether oxygens (including phenoxy) is 1. The van der Waals surface area contributed by atoms with Gasteiger partial charge in [-0.1, -0.05) is 0 Å². The predicted octanol–water partition coefficient (Wildman–Crippen LogP) is 3.36. The number of hydrogen-bond donors (Lipinski definition) is 0. The summed E-state index contributed by atoms with van der Waals surface area (Å²) in [5, 5.41) is 9.72. The average Bonchev–Trinajstić information content (AvgIpc) is 3.28. The van der Waals surface area contributed by atoms with Gasteiger partial charge in [-0.05, 0) is 61.7 Å². The first kappa shape index (κ1) is 24.1. The molecule has 0 atom stereocenters. The van der Waals surface area contributed by atoms with E-state index in [4.69, 9.17) is 4.74 Å². The van der Waals surface area contributed by atoms with E-state index in [-0.39, 0.29) is 10.7 Å². The Balaban J connectivity index is 1.25. The summed E-state index contributed by atoms with van der Waals surface area (Å²) in [4.78, 5) is 2.53. The van der Waals surface area contributed by atoms with Gasteiger partial charge >= 0.3 is 0 Å². The van der Waals surface area contributed by atoms with Crippen LogP contribution in [0, 0.1) is 12.7 Å². The lowest BCUT2D eigenvalue weighted by atomic mass is 10.1. The monoisotopic (exact) mass is 524 g/mol. The third-order valence-corrected chi connectivity index (χ3v) is 9.39. The summed E-state index contributed by atoms with van der Waals surface area (Å²) in [5.41, 5.74) is 3.51. The van der Waals surface area contributed by atoms with Gasteiger partial charge < -0.3 is 9.64 Å². The molecule has 0 N–H and O–H groups in total. The predicted molar refractivity (Wildman–Crippen MR) is 138 cm³/mol. The molecule has 9 nitrogen and oxygen atoms in total. The molecule has 2 aromatic heterocycles. The van der Waals surface area contributed by atoms with Gasteiger partial charge in [0, 0.05) is 44.0 Å². The van der Waals surface area contributed by atoms with Gasteiger partial charge in [0.2, 0.25) is 10.0 Å². The number of fused-ring (bicyclic) bond motifs is 1. The Labute approximate surface area is 215 Å². The largest absolute Gasteiger partial charge is 0.383 e. The quantitative estimate of drug-likeness (QED) is 0.369. The van der Waals surface area contributed by atoms with Crippen molar-refractivity contribution in [2.75, 3.05) is 38.3 Å². The van der Waals surface area contributed by atoms with E-state index < -0.39 is 15.6 Å². The van der Waals surface area contributed by atoms with Crippen molar-refractivity contribution in [3.8, 4) is 5.69 Å². The van der Waals surface area contributed by atoms with E-state index in [0.717, 1.165) is 40.7 Å². The number of methoxy groups -OCH3 is 1. The van der Waals surface area contributed by atoms with Crippen LogP contribution in [0.3, 0.4) is 0 Å². The summed E-state index contributed by atoms with van der Waals surface area (Å²) in [5.74, 6) is -0.284. The fourth-order valence-electron chi connectivity index (χ4n) is 5.30. The van der Waals surface area contributed by atoms with Crippen LogP contribution in [0.15, 0.2) is 59.9 Å². The Hall–Kier alpha value is -3.28. The SMILES string of the molecule is COCCn1cc(S(=O)(=O)N2CCN(c3cc4cnn(-c5ccc(F)cc5)c4cc3C)CC23CC3)cn1. The number of sulfonamides is 1. The number of hydrogen-bond acceptors (Lipinski definition) is 6. The van der Waals surface area contributed by atoms with Gasteiger partial charge in [-0.25, -0.2) is 17.5 Å². The minimum absolute atomic E-state index is 0.231. The lowest BCUT2D eigenvalue weighted by molar-refractivity contribution is 0.183. The van der Waals surface area contributed by atoms with Crippen LogP contribution in [-0.4, -0.2) is 71.2 Å². The van der Waals surface area contributed by atoms with Crippen LogP contribution in [-0.2, 0) is 21.3 Å². The molecule has 0 bridgehead atoms. The molecule has 3 heterocycles. The second kappa shape index (κ2) is 8.93. The molecule has 1 aliphatic carbocycles. The fraction of sp³-hybridized carbons (Fsp3) is 0.385. The Kier molecular flexibility index (Phi) is 5.81. The lowest BCUT2D eigenvalue weighted by Crippen LogP contribution is -2.57. The standard InChI is InChI=1S/C26H29FN6O3S/c1-19-13-25-20(15-29-33(25)22-5-3-21(27)4-6-22)14-24(19)30-9-10-32(26(18-30)7-8-26)37(34,35)23-16-28-31(17-23)11-12-36-2/h3-6,13-17H,7-12,18H2,1-2H3. The molecule has 2 aliphatic rings. The van der Waals surface area contributed by atoms with Crippen LogP contribution in [0.2, 0.25) is 0 Å². The fourth-order valence-corrected chi connectivity index (χ4v) is 7.06. The Bertz CT molecular complexity index is 1560. The molecule has 0 unspecified atom stereocenters. The maximum Gasteiger partial charge on any atom is 0.246 e. The number of aromatic nitrogens is 4. The first-order chi connectivity index (χ1) is 17.8. The molecule has 1 saturated heterocycles. The maximum atomic E-state index is 13.6. The van der Waals surface area contributed by atoms with Crippen molar-refractivity contribution in [1.29, 1.82) is 0 Å². The number of anilines is 1. The minimum Gasteiger partial charge on any atom is -0.383 e. The molecular weight excluding hydrogens is 495 g/mol. The van der Waals surface area contributed by atoms with Gasteiger partial charge in [-0.2, -0.15) is 14.5 Å². The molecule has 0 radical (unpaired) electrons. The second-order valence-electron chi connectivity index (χ2n) is 9.89. The van der Waals surface area contributed by atoms with Gasteiger partial charge in [0.25, 0.3) is 0 Å². The number of benzene rings is 2. The summed E-state index contributed by atoms with van der Waals surface area (Å²) in [6.45, 7) is 4.69. The van der Waals surface area contributed by atoms with Crippen LogP contribution in [0.25, 0.3) is 16.6 Å². The number of aryl methyl sites for hydroxylation is 1. The van der Waals surface area contributed by atoms with Crippen molar-refractivity contribution in [1.82, 2.24) is 23.9 Å². The second-order valence-corrected chi connectivity index (χ2v) is 11.7. The summed E-state index contributed by atoms with van der Waals surface area (Å²) in [6, 6.07) is 10.5. The highest BCUT2D eigenvalue weighted by molar-refractivity contribution is 7.89. The van der Waals surface area contributed by atoms with Crippen LogP contribution >= 0.6 is 0 Å². The molecular formula is C26H29FN6O3S. The third-order valence-electron chi connectivity index (χ3n) is 7.43. The highest BCUT2D eigenvalue weighted by atomic mass is 32.2. The number of nitrogens with zero attached hydrogens (tertiary/aromatic N) is 6. The molecule has 37 heavy (non-hydrogen) atoms. The highest BCUT2D eigenvalue weighted by Gasteiger charge is 2.56. The topological polar surface area (TPSA) is 85.5 Å². The first-order valence-electron chi connectivity index (χ1n) is 12.3. The van der Waals surface area contributed by atoms with Crippen LogP contribution in [0.4, 0.5) is 10.1 Å². The van der Waals surface area contributed by atoms with Crippen molar-refractivity contribution >= 4 is 26.6 Å². The van der Waals surface area contributed by atoms with Crippen molar-refractivity contribution in [3.05, 3.63) is 66.4 Å². The van der Waals surface area contributed by atoms with Gasteiger partial charge in [-0.3, -0.25) is 4.68 Å². The van der Waals surface area contributed by atoms with E-state index >= 15 is 0 Å². The van der Waals surface area contributed by atoms with Crippen molar-refractivity contribution in [2.45, 2.75) is 36.7 Å². The van der Waals surface area contributed by atoms with E-state index in [1.165, 1.54) is 18.3 Å². The van der Waals surface area contributed by atoms with Crippen LogP contribution in [0.5, 0.6) is 0 Å². The first-order valence-corrected chi connectivity index (χ1v) is 13.8. The minimum atomic E-state index is -3.65. The molecule has 1 saturated carbocycles. The van der Waals surface area contributed by atoms with Crippen LogP contribution in [0.1, 0.15) is 18.4 Å². The maximum absolute atomic E-state index is 13.6. The molecule has 2 aromatic carbocycles. The zero-order valence-corrected chi connectivity index (χ0v) is 21.7. The van der Waals surface area contributed by atoms with E-state index in [1.54, 1.807) is 34.4 Å². The molecule has 1 spiro atoms. The Morgan fingerprint density at radius 3 is 2.59 bits per heavy atom. The smallest absolute Gasteiger partial charge is 0.246 e. The van der Waals surface area contributed by atoms with Gasteiger partial charge in [-0.15, -0.1) is 0 Å². The van der Waals surface area contributed by atoms with E-state index in [9.17, 15) is 12.8 Å². The molecule has 194 valence electrons. The van der Waals surface area contributed by atoms with Crippen molar-refractivity contribution < 1.29 is 17.5 Å². The average molecular weight is 525 g/mol. The van der Waals surface area contributed by atoms with Gasteiger partial charge in [0.05, 0.1) is 42.3 Å². The summed E-state index contributed by atoms with van der Waals surface area (Å²) < 4.78 is 50.7. The summed E-state index contributed by atoms with van der Waals surface area (Å²) >= 11 is 0. The summed E-state index contributed by atoms with van der Waals surface area (Å²) in [6.07, 6.45) is 6.52. The van der Waals surface area contributed by atoms with E-state index in [0.29, 0.717) is 32.8 Å². The molecule has 0 amide bonds. The van der Waals surface area contributed by atoms with E-state index in [1.807, 2.05) is 10.9 Å². The number of halogens is 1. The molecule has 1 aliphatic heterocycles. The molecule has 6 rings (SSSR count). The lowest BCUT2D eigenvalue weighted by Gasteiger charge is -2.42. The van der Waals surface area contributed by atoms with Crippen molar-refractivity contribution in [2.24, 2.45) is 0 Å². The number of piperazine rings is 1. The molecule has 2 fully saturated rings. The van der Waals surface area contributed by atoms with Crippen LogP contribution < -0.4 is 4.90 Å². The summed E-state index contributed by atoms with van der Waals surface area (Å²) in [7, 11) is -2.04. The zero-order chi connectivity index (χ0) is 25.8. The molecule has 11 heteroatoms. The third kappa shape index (κ3) is 4.20. The number of rotatable bonds is 7.